The Hall–Kier alpha value is -2.33. The largest absolute Gasteiger partial charge is 0.472 e. The molecular weight excluding hydrogens is 695 g/mol. The van der Waals surface area contributed by atoms with Crippen LogP contribution < -0.4 is 0 Å². The number of aliphatic hydroxyl groups is 2. The fourth-order valence-corrected chi connectivity index (χ4v) is 5.90. The first-order valence-corrected chi connectivity index (χ1v) is 21.8. The van der Waals surface area contributed by atoms with Gasteiger partial charge >= 0.3 is 19.8 Å². The van der Waals surface area contributed by atoms with E-state index in [9.17, 15) is 24.2 Å². The van der Waals surface area contributed by atoms with Crippen molar-refractivity contribution in [3.63, 3.8) is 0 Å². The lowest BCUT2D eigenvalue weighted by atomic mass is 10.1. The fourth-order valence-electron chi connectivity index (χ4n) is 5.11. The van der Waals surface area contributed by atoms with E-state index < -0.39 is 51.8 Å². The van der Waals surface area contributed by atoms with Gasteiger partial charge < -0.3 is 24.6 Å². The van der Waals surface area contributed by atoms with E-state index in [1.165, 1.54) is 51.4 Å². The van der Waals surface area contributed by atoms with Crippen LogP contribution in [0.2, 0.25) is 0 Å². The first-order valence-electron chi connectivity index (χ1n) is 20.3. The Kier molecular flexibility index (Phi) is 36.3. The summed E-state index contributed by atoms with van der Waals surface area (Å²) in [6.07, 6.45) is 40.4. The van der Waals surface area contributed by atoms with E-state index in [1.807, 2.05) is 36.5 Å². The van der Waals surface area contributed by atoms with Gasteiger partial charge in [-0.1, -0.05) is 145 Å². The van der Waals surface area contributed by atoms with E-state index in [0.717, 1.165) is 64.2 Å². The average Bonchev–Trinajstić information content (AvgIpc) is 3.14. The monoisotopic (exact) mass is 768 g/mol. The van der Waals surface area contributed by atoms with Gasteiger partial charge in [-0.25, -0.2) is 4.57 Å². The molecule has 0 spiro atoms. The molecule has 0 aromatic carbocycles. The maximum Gasteiger partial charge on any atom is 0.472 e. The summed E-state index contributed by atoms with van der Waals surface area (Å²) in [6, 6.07) is 0. The minimum atomic E-state index is -4.62. The fraction of sp³-hybridized carbons (Fsp3) is 0.714. The highest BCUT2D eigenvalue weighted by molar-refractivity contribution is 7.47. The molecule has 11 heteroatoms. The number of unbranched alkanes of at least 4 members (excludes halogenated alkanes) is 16. The smallest absolute Gasteiger partial charge is 0.462 e. The van der Waals surface area contributed by atoms with Crippen molar-refractivity contribution in [3.8, 4) is 0 Å². The Labute approximate surface area is 321 Å². The lowest BCUT2D eigenvalue weighted by Gasteiger charge is -2.20. The number of hydrogen-bond donors (Lipinski definition) is 3. The van der Waals surface area contributed by atoms with Crippen molar-refractivity contribution in [2.24, 2.45) is 0 Å². The summed E-state index contributed by atoms with van der Waals surface area (Å²) in [6.45, 7) is 2.18. The van der Waals surface area contributed by atoms with Crippen molar-refractivity contribution in [2.45, 2.75) is 167 Å². The summed E-state index contributed by atoms with van der Waals surface area (Å²) in [5, 5.41) is 18.3. The van der Waals surface area contributed by atoms with Gasteiger partial charge in [0, 0.05) is 12.8 Å². The molecule has 3 N–H and O–H groups in total. The third-order valence-corrected chi connectivity index (χ3v) is 9.20. The topological polar surface area (TPSA) is 149 Å². The zero-order chi connectivity index (χ0) is 39.1. The molecule has 0 bridgehead atoms. The molecule has 0 saturated heterocycles. The van der Waals surface area contributed by atoms with E-state index in [-0.39, 0.29) is 19.4 Å². The normalized spacial score (nSPS) is 14.6. The molecule has 0 aliphatic heterocycles. The van der Waals surface area contributed by atoms with Gasteiger partial charge in [0.1, 0.15) is 12.7 Å². The number of rotatable bonds is 37. The second kappa shape index (κ2) is 38.0. The number of carbonyl (C=O) groups is 2. The van der Waals surface area contributed by atoms with Crippen LogP contribution in [0.1, 0.15) is 155 Å². The van der Waals surface area contributed by atoms with Gasteiger partial charge in [-0.15, -0.1) is 0 Å². The van der Waals surface area contributed by atoms with Crippen LogP contribution >= 0.6 is 7.82 Å². The van der Waals surface area contributed by atoms with Gasteiger partial charge in [-0.3, -0.25) is 18.6 Å². The third-order valence-electron chi connectivity index (χ3n) is 8.25. The minimum Gasteiger partial charge on any atom is -0.462 e. The molecule has 0 amide bonds. The predicted octanol–water partition coefficient (Wildman–Crippen LogP) is 10.3. The lowest BCUT2D eigenvalue weighted by Crippen LogP contribution is -2.29. The number of allylic oxidation sites excluding steroid dienone is 10. The minimum absolute atomic E-state index is 0.155. The Balaban J connectivity index is 4.39. The maximum absolute atomic E-state index is 12.6. The second-order valence-corrected chi connectivity index (χ2v) is 14.8. The molecule has 0 radical (unpaired) electrons. The number of esters is 2. The van der Waals surface area contributed by atoms with E-state index >= 15 is 0 Å². The van der Waals surface area contributed by atoms with Gasteiger partial charge in [0.05, 0.1) is 19.8 Å². The van der Waals surface area contributed by atoms with Gasteiger partial charge in [-0.2, -0.15) is 0 Å². The van der Waals surface area contributed by atoms with Crippen molar-refractivity contribution < 1.29 is 47.8 Å². The summed E-state index contributed by atoms with van der Waals surface area (Å²) in [5.41, 5.74) is 0. The van der Waals surface area contributed by atoms with Crippen LogP contribution in [0.15, 0.2) is 60.8 Å². The summed E-state index contributed by atoms with van der Waals surface area (Å²) < 4.78 is 32.6. The molecule has 0 aromatic heterocycles. The van der Waals surface area contributed by atoms with Gasteiger partial charge in [-0.05, 0) is 57.8 Å². The summed E-state index contributed by atoms with van der Waals surface area (Å²) in [7, 11) is -4.62. The molecule has 306 valence electrons. The Bertz CT molecular complexity index is 1070. The molecule has 0 aromatic rings. The lowest BCUT2D eigenvalue weighted by molar-refractivity contribution is -0.161. The van der Waals surface area contributed by atoms with Gasteiger partial charge in [0.25, 0.3) is 0 Å². The summed E-state index contributed by atoms with van der Waals surface area (Å²) in [5.74, 6) is -0.962. The molecule has 0 saturated carbocycles. The van der Waals surface area contributed by atoms with Gasteiger partial charge in [0.15, 0.2) is 6.10 Å². The van der Waals surface area contributed by atoms with Crippen LogP contribution in [0.5, 0.6) is 0 Å². The highest BCUT2D eigenvalue weighted by Gasteiger charge is 2.27. The number of hydrogen-bond acceptors (Lipinski definition) is 9. The van der Waals surface area contributed by atoms with Crippen molar-refractivity contribution in [1.82, 2.24) is 0 Å². The summed E-state index contributed by atoms with van der Waals surface area (Å²) in [4.78, 5) is 34.9. The maximum atomic E-state index is 12.6. The van der Waals surface area contributed by atoms with Crippen molar-refractivity contribution in [3.05, 3.63) is 60.8 Å². The average molecular weight is 769 g/mol. The molecule has 0 aliphatic carbocycles. The molecule has 10 nitrogen and oxygen atoms in total. The molecule has 0 heterocycles. The number of carbonyl (C=O) groups excluding carboxylic acids is 2. The first kappa shape index (κ1) is 50.7. The molecule has 53 heavy (non-hydrogen) atoms. The van der Waals surface area contributed by atoms with Crippen LogP contribution in [0.4, 0.5) is 0 Å². The Morgan fingerprint density at radius 2 is 1.06 bits per heavy atom. The number of phosphoric acid groups is 1. The zero-order valence-corrected chi connectivity index (χ0v) is 33.9. The van der Waals surface area contributed by atoms with Crippen LogP contribution in [-0.2, 0) is 32.7 Å². The highest BCUT2D eigenvalue weighted by Crippen LogP contribution is 2.43. The van der Waals surface area contributed by atoms with Crippen LogP contribution in [0.25, 0.3) is 0 Å². The molecule has 1 unspecified atom stereocenters. The van der Waals surface area contributed by atoms with E-state index in [2.05, 4.69) is 42.7 Å². The van der Waals surface area contributed by atoms with E-state index in [0.29, 0.717) is 12.8 Å². The van der Waals surface area contributed by atoms with Gasteiger partial charge in [0.2, 0.25) is 0 Å². The number of phosphoric ester groups is 1. The molecule has 0 rings (SSSR count). The quantitative estimate of drug-likeness (QED) is 0.0183. The molecular formula is C42H73O10P. The van der Waals surface area contributed by atoms with Crippen LogP contribution in [0.3, 0.4) is 0 Å². The van der Waals surface area contributed by atoms with Crippen LogP contribution in [0, 0.1) is 0 Å². The second-order valence-electron chi connectivity index (χ2n) is 13.4. The van der Waals surface area contributed by atoms with Crippen LogP contribution in [-0.4, -0.2) is 65.7 Å². The number of aliphatic hydroxyl groups excluding tert-OH is 2. The highest BCUT2D eigenvalue weighted by atomic mass is 31.2. The van der Waals surface area contributed by atoms with Crippen molar-refractivity contribution in [1.29, 1.82) is 0 Å². The standard InChI is InChI=1S/C42H73O10P/c1-3-5-7-9-11-13-15-17-19-21-23-25-27-29-31-33-41(45)49-37-40(38-51-53(47,48)50-36-39(44)35-43)52-42(46)34-32-30-28-26-24-22-20-18-16-14-12-10-8-6-4-2/h6,8,10,12-16,18,20,39-40,43-44H,3-5,7,9,11,17,19,21-38H2,1-2H3,(H,47,48)/b8-6+,12-10+,15-13+,16-14+,20-18+/t39-,40+/m0/s1. The first-order chi connectivity index (χ1) is 25.7. The Morgan fingerprint density at radius 1 is 0.585 bits per heavy atom. The molecule has 0 fully saturated rings. The zero-order valence-electron chi connectivity index (χ0n) is 33.0. The third kappa shape index (κ3) is 37.8. The summed E-state index contributed by atoms with van der Waals surface area (Å²) >= 11 is 0. The molecule has 3 atom stereocenters. The SMILES string of the molecule is CC/C=C/C=C/C=C/C=C/CCCCCCCC(=O)O[C@H](COC(=O)CCCCCCCCC/C=C/CCCCCC)COP(=O)(O)OC[C@@H](O)CO. The van der Waals surface area contributed by atoms with Crippen molar-refractivity contribution >= 4 is 19.8 Å². The number of ether oxygens (including phenoxy) is 2. The van der Waals surface area contributed by atoms with E-state index in [1.54, 1.807) is 0 Å². The predicted molar refractivity (Wildman–Crippen MR) is 214 cm³/mol. The van der Waals surface area contributed by atoms with Crippen molar-refractivity contribution in [2.75, 3.05) is 26.4 Å². The molecule has 0 aliphatic rings. The van der Waals surface area contributed by atoms with E-state index in [4.69, 9.17) is 19.1 Å². The Morgan fingerprint density at radius 3 is 1.62 bits per heavy atom.